The average molecular weight is 329 g/mol. The first kappa shape index (κ1) is 16.8. The molecule has 1 amide bonds. The molecular formula is C14H21ClN4O3. The summed E-state index contributed by atoms with van der Waals surface area (Å²) in [5.41, 5.74) is 3.72. The van der Waals surface area contributed by atoms with E-state index in [1.807, 2.05) is 0 Å². The fraction of sp³-hybridized carbons (Fsp3) is 0.643. The summed E-state index contributed by atoms with van der Waals surface area (Å²) >= 11 is 6.11. The molecule has 1 fully saturated rings. The fourth-order valence-electron chi connectivity index (χ4n) is 2.61. The van der Waals surface area contributed by atoms with Crippen molar-refractivity contribution in [2.75, 3.05) is 19.7 Å². The van der Waals surface area contributed by atoms with Crippen LogP contribution in [0.4, 0.5) is 0 Å². The quantitative estimate of drug-likeness (QED) is 0.843. The maximum atomic E-state index is 12.4. The van der Waals surface area contributed by atoms with Crippen molar-refractivity contribution >= 4 is 23.5 Å². The molecule has 0 radical (unpaired) electrons. The van der Waals surface area contributed by atoms with Crippen molar-refractivity contribution in [1.82, 2.24) is 20.2 Å². The van der Waals surface area contributed by atoms with Crippen LogP contribution in [-0.4, -0.2) is 46.4 Å². The van der Waals surface area contributed by atoms with Gasteiger partial charge in [-0.25, -0.2) is 5.01 Å². The second kappa shape index (κ2) is 7.11. The number of ether oxygens (including phenoxy) is 1. The highest BCUT2D eigenvalue weighted by atomic mass is 35.5. The predicted octanol–water partition coefficient (Wildman–Crippen LogP) is 1.30. The van der Waals surface area contributed by atoms with Crippen LogP contribution in [0.15, 0.2) is 0 Å². The molecule has 8 heteroatoms. The Balaban J connectivity index is 2.01. The number of hydrogen-bond donors (Lipinski definition) is 1. The lowest BCUT2D eigenvalue weighted by atomic mass is 9.99. The van der Waals surface area contributed by atoms with E-state index in [4.69, 9.17) is 16.3 Å². The minimum Gasteiger partial charge on any atom is -0.466 e. The number of amides is 1. The van der Waals surface area contributed by atoms with E-state index in [2.05, 4.69) is 10.5 Å². The van der Waals surface area contributed by atoms with E-state index in [9.17, 15) is 9.59 Å². The van der Waals surface area contributed by atoms with Gasteiger partial charge in [0.25, 0.3) is 5.91 Å². The molecule has 1 saturated heterocycles. The number of nitrogens with zero attached hydrogens (tertiary/aromatic N) is 3. The second-order valence-corrected chi connectivity index (χ2v) is 5.73. The van der Waals surface area contributed by atoms with Crippen molar-refractivity contribution in [2.24, 2.45) is 13.0 Å². The van der Waals surface area contributed by atoms with Crippen LogP contribution in [-0.2, 0) is 16.6 Å². The highest BCUT2D eigenvalue weighted by Gasteiger charge is 2.29. The van der Waals surface area contributed by atoms with Gasteiger partial charge >= 0.3 is 5.97 Å². The Hall–Kier alpha value is -1.60. The molecule has 0 saturated carbocycles. The number of carbonyl (C=O) groups excluding carboxylic acids is 2. The molecule has 1 aromatic heterocycles. The monoisotopic (exact) mass is 328 g/mol. The van der Waals surface area contributed by atoms with Crippen molar-refractivity contribution in [2.45, 2.75) is 26.7 Å². The van der Waals surface area contributed by atoms with Crippen LogP contribution in [0.3, 0.4) is 0 Å². The third kappa shape index (κ3) is 3.59. The molecule has 0 bridgehead atoms. The zero-order valence-corrected chi connectivity index (χ0v) is 13.8. The molecule has 0 spiro atoms. The maximum absolute atomic E-state index is 12.4. The van der Waals surface area contributed by atoms with Gasteiger partial charge in [0.1, 0.15) is 5.69 Å². The average Bonchev–Trinajstić information content (AvgIpc) is 2.72. The number of carbonyl (C=O) groups is 2. The SMILES string of the molecule is CCOC(=O)[C@H]1CCCN(NC(=O)c2c(Cl)c(C)nn2C)C1. The zero-order chi connectivity index (χ0) is 16.3. The van der Waals surface area contributed by atoms with Crippen LogP contribution in [0, 0.1) is 12.8 Å². The van der Waals surface area contributed by atoms with Crippen LogP contribution in [0.2, 0.25) is 5.02 Å². The Morgan fingerprint density at radius 3 is 2.82 bits per heavy atom. The summed E-state index contributed by atoms with van der Waals surface area (Å²) in [6.07, 6.45) is 1.60. The summed E-state index contributed by atoms with van der Waals surface area (Å²) in [7, 11) is 1.67. The minimum absolute atomic E-state index is 0.210. The van der Waals surface area contributed by atoms with Crippen LogP contribution in [0.1, 0.15) is 35.9 Å². The van der Waals surface area contributed by atoms with E-state index in [0.717, 1.165) is 12.8 Å². The van der Waals surface area contributed by atoms with Crippen LogP contribution in [0.25, 0.3) is 0 Å². The Kier molecular flexibility index (Phi) is 5.42. The van der Waals surface area contributed by atoms with Crippen molar-refractivity contribution in [3.63, 3.8) is 0 Å². The predicted molar refractivity (Wildman–Crippen MR) is 81.4 cm³/mol. The highest BCUT2D eigenvalue weighted by Crippen LogP contribution is 2.20. The number of hydrazine groups is 1. The lowest BCUT2D eigenvalue weighted by Gasteiger charge is -2.31. The summed E-state index contributed by atoms with van der Waals surface area (Å²) in [6.45, 7) is 5.03. The van der Waals surface area contributed by atoms with E-state index in [-0.39, 0.29) is 17.8 Å². The van der Waals surface area contributed by atoms with Crippen LogP contribution < -0.4 is 5.43 Å². The third-order valence-electron chi connectivity index (χ3n) is 3.67. The highest BCUT2D eigenvalue weighted by molar-refractivity contribution is 6.34. The molecule has 0 aromatic carbocycles. The Bertz CT molecular complexity index is 573. The number of esters is 1. The second-order valence-electron chi connectivity index (χ2n) is 5.35. The lowest BCUT2D eigenvalue weighted by molar-refractivity contribution is -0.150. The number of aryl methyl sites for hydroxylation is 2. The van der Waals surface area contributed by atoms with Gasteiger partial charge in [-0.05, 0) is 26.7 Å². The number of halogens is 1. The molecule has 2 rings (SSSR count). The first-order chi connectivity index (χ1) is 10.4. The number of piperidine rings is 1. The van der Waals surface area contributed by atoms with Crippen LogP contribution in [0.5, 0.6) is 0 Å². The number of hydrogen-bond acceptors (Lipinski definition) is 5. The van der Waals surface area contributed by atoms with E-state index in [0.29, 0.717) is 36.1 Å². The van der Waals surface area contributed by atoms with Crippen molar-refractivity contribution in [3.8, 4) is 0 Å². The van der Waals surface area contributed by atoms with E-state index in [1.54, 1.807) is 25.9 Å². The molecule has 1 aliphatic rings. The van der Waals surface area contributed by atoms with E-state index < -0.39 is 0 Å². The Morgan fingerprint density at radius 2 is 2.23 bits per heavy atom. The van der Waals surface area contributed by atoms with Crippen molar-refractivity contribution in [1.29, 1.82) is 0 Å². The molecule has 0 aliphatic carbocycles. The zero-order valence-electron chi connectivity index (χ0n) is 13.1. The molecule has 1 atom stereocenters. The molecule has 22 heavy (non-hydrogen) atoms. The van der Waals surface area contributed by atoms with Gasteiger partial charge in [0.2, 0.25) is 0 Å². The van der Waals surface area contributed by atoms with Gasteiger partial charge < -0.3 is 4.74 Å². The molecule has 2 heterocycles. The number of nitrogens with one attached hydrogen (secondary N) is 1. The van der Waals surface area contributed by atoms with Crippen molar-refractivity contribution in [3.05, 3.63) is 16.4 Å². The normalized spacial score (nSPS) is 19.0. The number of rotatable bonds is 4. The van der Waals surface area contributed by atoms with Gasteiger partial charge in [0.05, 0.1) is 23.2 Å². The van der Waals surface area contributed by atoms with Gasteiger partial charge in [0, 0.05) is 20.1 Å². The topological polar surface area (TPSA) is 76.5 Å². The Morgan fingerprint density at radius 1 is 1.50 bits per heavy atom. The van der Waals surface area contributed by atoms with Gasteiger partial charge in [-0.1, -0.05) is 11.6 Å². The Labute approximate surface area is 134 Å². The first-order valence-electron chi connectivity index (χ1n) is 7.35. The smallest absolute Gasteiger partial charge is 0.310 e. The summed E-state index contributed by atoms with van der Waals surface area (Å²) in [5, 5.41) is 6.21. The maximum Gasteiger partial charge on any atom is 0.310 e. The van der Waals surface area contributed by atoms with Gasteiger partial charge in [0.15, 0.2) is 0 Å². The van der Waals surface area contributed by atoms with E-state index >= 15 is 0 Å². The summed E-state index contributed by atoms with van der Waals surface area (Å²) in [5.74, 6) is -0.744. The molecule has 1 N–H and O–H groups in total. The molecular weight excluding hydrogens is 308 g/mol. The van der Waals surface area contributed by atoms with Crippen LogP contribution >= 0.6 is 11.6 Å². The summed E-state index contributed by atoms with van der Waals surface area (Å²) in [6, 6.07) is 0. The molecule has 0 unspecified atom stereocenters. The van der Waals surface area contributed by atoms with Gasteiger partial charge in [-0.15, -0.1) is 0 Å². The fourth-order valence-corrected chi connectivity index (χ4v) is 2.85. The first-order valence-corrected chi connectivity index (χ1v) is 7.73. The standard InChI is InChI=1S/C14H21ClN4O3/c1-4-22-14(21)10-6-5-7-19(8-10)17-13(20)12-11(15)9(2)16-18(12)3/h10H,4-8H2,1-3H3,(H,17,20)/t10-/m0/s1. The third-order valence-corrected chi connectivity index (χ3v) is 4.12. The summed E-state index contributed by atoms with van der Waals surface area (Å²) < 4.78 is 6.51. The van der Waals surface area contributed by atoms with Crippen molar-refractivity contribution < 1.29 is 14.3 Å². The lowest BCUT2D eigenvalue weighted by Crippen LogP contribution is -2.49. The number of aromatic nitrogens is 2. The van der Waals surface area contributed by atoms with Gasteiger partial charge in [-0.3, -0.25) is 19.7 Å². The summed E-state index contributed by atoms with van der Waals surface area (Å²) in [4.78, 5) is 24.2. The molecule has 122 valence electrons. The van der Waals surface area contributed by atoms with Gasteiger partial charge in [-0.2, -0.15) is 5.10 Å². The molecule has 1 aliphatic heterocycles. The minimum atomic E-state index is -0.322. The van der Waals surface area contributed by atoms with E-state index in [1.165, 1.54) is 4.68 Å². The largest absolute Gasteiger partial charge is 0.466 e. The molecule has 7 nitrogen and oxygen atoms in total. The molecule has 1 aromatic rings.